The van der Waals surface area contributed by atoms with Gasteiger partial charge in [0.15, 0.2) is 5.82 Å². The van der Waals surface area contributed by atoms with Gasteiger partial charge in [0.25, 0.3) is 5.56 Å². The molecule has 0 aliphatic carbocycles. The van der Waals surface area contributed by atoms with E-state index in [-0.39, 0.29) is 17.2 Å². The van der Waals surface area contributed by atoms with E-state index < -0.39 is 0 Å². The molecule has 3 aromatic rings. The third-order valence-corrected chi connectivity index (χ3v) is 3.39. The molecule has 4 rings (SSSR count). The van der Waals surface area contributed by atoms with Crippen LogP contribution in [0.15, 0.2) is 53.3 Å². The SMILES string of the molecule is O=C1c2ccccc2-n2c1nc(=O)c1ccccc12. The maximum atomic E-state index is 12.3. The highest BCUT2D eigenvalue weighted by Gasteiger charge is 2.29. The van der Waals surface area contributed by atoms with Crippen LogP contribution in [0.4, 0.5) is 0 Å². The van der Waals surface area contributed by atoms with Crippen molar-refractivity contribution in [1.29, 1.82) is 0 Å². The zero-order valence-corrected chi connectivity index (χ0v) is 9.83. The Hall–Kier alpha value is -2.75. The van der Waals surface area contributed by atoms with Gasteiger partial charge in [-0.3, -0.25) is 14.2 Å². The highest BCUT2D eigenvalue weighted by Crippen LogP contribution is 2.28. The van der Waals surface area contributed by atoms with Gasteiger partial charge < -0.3 is 0 Å². The largest absolute Gasteiger partial charge is 0.290 e. The minimum absolute atomic E-state index is 0.196. The van der Waals surface area contributed by atoms with Gasteiger partial charge in [-0.2, -0.15) is 4.98 Å². The van der Waals surface area contributed by atoms with Gasteiger partial charge in [-0.15, -0.1) is 0 Å². The third kappa shape index (κ3) is 1.20. The standard InChI is InChI=1S/C15H8N2O2/c18-13-9-5-1-3-7-11(9)17-12-8-4-2-6-10(12)15(19)16-14(13)17/h1-8H. The summed E-state index contributed by atoms with van der Waals surface area (Å²) in [4.78, 5) is 28.2. The summed E-state index contributed by atoms with van der Waals surface area (Å²) in [7, 11) is 0. The molecule has 1 aliphatic heterocycles. The smallest absolute Gasteiger partial charge is 0.281 e. The molecular weight excluding hydrogens is 240 g/mol. The van der Waals surface area contributed by atoms with Crippen LogP contribution in [-0.4, -0.2) is 15.3 Å². The number of ketones is 1. The first-order valence-corrected chi connectivity index (χ1v) is 5.93. The Balaban J connectivity index is 2.28. The van der Waals surface area contributed by atoms with Gasteiger partial charge in [0, 0.05) is 5.56 Å². The van der Waals surface area contributed by atoms with Crippen LogP contribution < -0.4 is 5.56 Å². The van der Waals surface area contributed by atoms with Gasteiger partial charge in [-0.25, -0.2) is 0 Å². The molecule has 0 spiro atoms. The van der Waals surface area contributed by atoms with Crippen molar-refractivity contribution in [1.82, 2.24) is 9.55 Å². The first-order valence-electron chi connectivity index (χ1n) is 5.93. The number of hydrogen-bond donors (Lipinski definition) is 0. The minimum Gasteiger partial charge on any atom is -0.290 e. The van der Waals surface area contributed by atoms with E-state index in [4.69, 9.17) is 0 Å². The van der Waals surface area contributed by atoms with Crippen LogP contribution in [0.5, 0.6) is 0 Å². The van der Waals surface area contributed by atoms with Crippen molar-refractivity contribution in [2.45, 2.75) is 0 Å². The number of nitrogens with zero attached hydrogens (tertiary/aromatic N) is 2. The van der Waals surface area contributed by atoms with E-state index in [0.29, 0.717) is 10.9 Å². The number of benzene rings is 2. The number of fused-ring (bicyclic) bond motifs is 5. The molecule has 1 aliphatic rings. The van der Waals surface area contributed by atoms with Crippen LogP contribution in [0.25, 0.3) is 16.6 Å². The monoisotopic (exact) mass is 248 g/mol. The molecule has 0 fully saturated rings. The number of hydrogen-bond acceptors (Lipinski definition) is 3. The second-order valence-corrected chi connectivity index (χ2v) is 4.44. The maximum Gasteiger partial charge on any atom is 0.281 e. The molecule has 4 nitrogen and oxygen atoms in total. The van der Waals surface area contributed by atoms with Crippen LogP contribution in [0.2, 0.25) is 0 Å². The molecule has 0 amide bonds. The Labute approximate surface area is 108 Å². The number of rotatable bonds is 0. The van der Waals surface area contributed by atoms with Gasteiger partial charge >= 0.3 is 0 Å². The molecule has 2 heterocycles. The first kappa shape index (κ1) is 10.2. The summed E-state index contributed by atoms with van der Waals surface area (Å²) >= 11 is 0. The molecule has 0 saturated carbocycles. The average Bonchev–Trinajstić information content (AvgIpc) is 2.73. The Morgan fingerprint density at radius 2 is 1.63 bits per heavy atom. The quantitative estimate of drug-likeness (QED) is 0.478. The molecule has 4 heteroatoms. The van der Waals surface area contributed by atoms with E-state index >= 15 is 0 Å². The van der Waals surface area contributed by atoms with Crippen molar-refractivity contribution >= 4 is 16.7 Å². The van der Waals surface area contributed by atoms with Crippen molar-refractivity contribution in [3.05, 3.63) is 70.3 Å². The Morgan fingerprint density at radius 3 is 2.53 bits per heavy atom. The Morgan fingerprint density at radius 1 is 0.895 bits per heavy atom. The Bertz CT molecular complexity index is 909. The minimum atomic E-state index is -0.358. The van der Waals surface area contributed by atoms with Gasteiger partial charge in [0.2, 0.25) is 5.78 Å². The van der Waals surface area contributed by atoms with E-state index in [9.17, 15) is 9.59 Å². The normalized spacial score (nSPS) is 12.5. The number of carbonyl (C=O) groups is 1. The zero-order valence-electron chi connectivity index (χ0n) is 9.83. The maximum absolute atomic E-state index is 12.3. The van der Waals surface area contributed by atoms with Crippen LogP contribution in [-0.2, 0) is 0 Å². The average molecular weight is 248 g/mol. The summed E-state index contributed by atoms with van der Waals surface area (Å²) in [6.07, 6.45) is 0. The van der Waals surface area contributed by atoms with Crippen molar-refractivity contribution in [2.75, 3.05) is 0 Å². The summed E-state index contributed by atoms with van der Waals surface area (Å²) in [5.74, 6) is 0.00310. The lowest BCUT2D eigenvalue weighted by molar-refractivity contribution is 0.103. The van der Waals surface area contributed by atoms with Crippen LogP contribution in [0.3, 0.4) is 0 Å². The predicted octanol–water partition coefficient (Wildman–Crippen LogP) is 1.93. The molecule has 1 aromatic heterocycles. The summed E-state index contributed by atoms with van der Waals surface area (Å²) < 4.78 is 1.76. The molecule has 0 N–H and O–H groups in total. The fourth-order valence-corrected chi connectivity index (χ4v) is 2.55. The van der Waals surface area contributed by atoms with Crippen molar-refractivity contribution < 1.29 is 4.79 Å². The number of para-hydroxylation sites is 2. The number of aromatic nitrogens is 2. The van der Waals surface area contributed by atoms with Crippen molar-refractivity contribution in [3.63, 3.8) is 0 Å². The molecule has 0 saturated heterocycles. The topological polar surface area (TPSA) is 52.0 Å². The van der Waals surface area contributed by atoms with Crippen LogP contribution in [0.1, 0.15) is 16.2 Å². The molecule has 0 atom stereocenters. The van der Waals surface area contributed by atoms with Crippen molar-refractivity contribution in [3.8, 4) is 5.69 Å². The summed E-state index contributed by atoms with van der Waals surface area (Å²) in [5.41, 5.74) is 1.73. The van der Waals surface area contributed by atoms with E-state index in [1.807, 2.05) is 30.3 Å². The number of carbonyl (C=O) groups excluding carboxylic acids is 1. The highest BCUT2D eigenvalue weighted by atomic mass is 16.1. The fourth-order valence-electron chi connectivity index (χ4n) is 2.55. The lowest BCUT2D eigenvalue weighted by Gasteiger charge is -2.08. The summed E-state index contributed by atoms with van der Waals surface area (Å²) in [5, 5.41) is 0.524. The van der Waals surface area contributed by atoms with E-state index in [1.54, 1.807) is 22.8 Å². The van der Waals surface area contributed by atoms with Crippen LogP contribution in [0, 0.1) is 0 Å². The summed E-state index contributed by atoms with van der Waals surface area (Å²) in [6, 6.07) is 14.5. The molecule has 0 unspecified atom stereocenters. The van der Waals surface area contributed by atoms with Gasteiger partial charge in [-0.05, 0) is 24.3 Å². The van der Waals surface area contributed by atoms with Crippen LogP contribution >= 0.6 is 0 Å². The molecular formula is C15H8N2O2. The lowest BCUT2D eigenvalue weighted by Crippen LogP contribution is -2.16. The first-order chi connectivity index (χ1) is 9.27. The Kier molecular flexibility index (Phi) is 1.82. The summed E-state index contributed by atoms with van der Waals surface area (Å²) in [6.45, 7) is 0. The van der Waals surface area contributed by atoms with E-state index in [0.717, 1.165) is 11.2 Å². The fraction of sp³-hybridized carbons (Fsp3) is 0. The molecule has 0 radical (unpaired) electrons. The van der Waals surface area contributed by atoms with E-state index in [2.05, 4.69) is 4.98 Å². The third-order valence-electron chi connectivity index (χ3n) is 3.39. The second kappa shape index (κ2) is 3.38. The lowest BCUT2D eigenvalue weighted by atomic mass is 10.1. The second-order valence-electron chi connectivity index (χ2n) is 4.44. The van der Waals surface area contributed by atoms with Gasteiger partial charge in [0.05, 0.1) is 16.6 Å². The zero-order chi connectivity index (χ0) is 13.0. The molecule has 19 heavy (non-hydrogen) atoms. The van der Waals surface area contributed by atoms with Crippen molar-refractivity contribution in [2.24, 2.45) is 0 Å². The van der Waals surface area contributed by atoms with Gasteiger partial charge in [0.1, 0.15) is 0 Å². The molecule has 2 aromatic carbocycles. The molecule has 0 bridgehead atoms. The highest BCUT2D eigenvalue weighted by molar-refractivity contribution is 6.14. The molecule has 90 valence electrons. The van der Waals surface area contributed by atoms with E-state index in [1.165, 1.54) is 0 Å². The van der Waals surface area contributed by atoms with Gasteiger partial charge in [-0.1, -0.05) is 24.3 Å². The predicted molar refractivity (Wildman–Crippen MR) is 70.8 cm³/mol.